The maximum absolute atomic E-state index is 13.1. The Morgan fingerprint density at radius 2 is 2.12 bits per heavy atom. The molecule has 0 spiro atoms. The van der Waals surface area contributed by atoms with Gasteiger partial charge in [0.2, 0.25) is 0 Å². The van der Waals surface area contributed by atoms with E-state index in [1.54, 1.807) is 17.1 Å². The van der Waals surface area contributed by atoms with Gasteiger partial charge in [0.15, 0.2) is 11.4 Å². The van der Waals surface area contributed by atoms with Crippen LogP contribution in [0.15, 0.2) is 29.9 Å². The van der Waals surface area contributed by atoms with E-state index in [1.165, 1.54) is 43.4 Å². The molecule has 0 radical (unpaired) electrons. The molecule has 0 saturated heterocycles. The molecule has 1 atom stereocenters. The molecule has 7 heteroatoms. The number of fused-ring (bicyclic) bond motifs is 1. The number of ketones is 1. The molecule has 1 unspecified atom stereocenters. The number of nitrogens with two attached hydrogens (primary N) is 1. The Hall–Kier alpha value is -2.28. The monoisotopic (exact) mass is 369 g/mol. The summed E-state index contributed by atoms with van der Waals surface area (Å²) < 4.78 is 1.71. The van der Waals surface area contributed by atoms with Crippen molar-refractivity contribution in [2.24, 2.45) is 5.92 Å². The Balaban J connectivity index is 1.66. The van der Waals surface area contributed by atoms with Gasteiger partial charge in [0.1, 0.15) is 11.9 Å². The van der Waals surface area contributed by atoms with E-state index in [2.05, 4.69) is 15.1 Å². The molecule has 3 aromatic rings. The number of nitrogen functional groups attached to an aromatic ring is 1. The third-order valence-corrected chi connectivity index (χ3v) is 6.05. The summed E-state index contributed by atoms with van der Waals surface area (Å²) in [6.45, 7) is 0. The van der Waals surface area contributed by atoms with Crippen molar-refractivity contribution in [1.82, 2.24) is 19.7 Å². The minimum Gasteiger partial charge on any atom is -0.383 e. The lowest BCUT2D eigenvalue weighted by Gasteiger charge is -2.26. The van der Waals surface area contributed by atoms with Crippen LogP contribution in [0.25, 0.3) is 11.0 Å². The number of carbonyl (C=O) groups excluding carboxylic acids is 1. The molecule has 3 aromatic heterocycles. The lowest BCUT2D eigenvalue weighted by Crippen LogP contribution is -2.26. The smallest absolute Gasteiger partial charge is 0.183 e. The van der Waals surface area contributed by atoms with Crippen LogP contribution in [0.4, 0.5) is 5.82 Å². The van der Waals surface area contributed by atoms with Gasteiger partial charge in [0.05, 0.1) is 16.8 Å². The lowest BCUT2D eigenvalue weighted by atomic mass is 9.83. The largest absolute Gasteiger partial charge is 0.383 e. The van der Waals surface area contributed by atoms with E-state index in [0.29, 0.717) is 23.8 Å². The summed E-state index contributed by atoms with van der Waals surface area (Å²) in [5.74, 6) is 1.21. The van der Waals surface area contributed by atoms with Crippen molar-refractivity contribution < 1.29 is 4.79 Å². The first-order valence-electron chi connectivity index (χ1n) is 9.22. The lowest BCUT2D eigenvalue weighted by molar-refractivity contribution is -0.122. The molecule has 1 saturated carbocycles. The number of carbonyl (C=O) groups is 1. The Bertz CT molecular complexity index is 883. The van der Waals surface area contributed by atoms with Crippen LogP contribution in [0.3, 0.4) is 0 Å². The van der Waals surface area contributed by atoms with Gasteiger partial charge in [-0.3, -0.25) is 4.79 Å². The SMILES string of the molecule is Nc1c2cccnc2nn1C(CC1CCCCC1)C(=O)Cc1nccs1. The van der Waals surface area contributed by atoms with Crippen molar-refractivity contribution in [3.05, 3.63) is 34.9 Å². The molecule has 3 heterocycles. The second-order valence-electron chi connectivity index (χ2n) is 7.03. The Morgan fingerprint density at radius 3 is 2.85 bits per heavy atom. The van der Waals surface area contributed by atoms with Crippen LogP contribution in [0.5, 0.6) is 0 Å². The summed E-state index contributed by atoms with van der Waals surface area (Å²) >= 11 is 1.51. The van der Waals surface area contributed by atoms with Gasteiger partial charge in [-0.15, -0.1) is 16.4 Å². The molecular formula is C19H23N5OS. The van der Waals surface area contributed by atoms with Gasteiger partial charge in [-0.1, -0.05) is 32.1 Å². The number of rotatable bonds is 6. The van der Waals surface area contributed by atoms with Crippen molar-refractivity contribution in [3.63, 3.8) is 0 Å². The topological polar surface area (TPSA) is 86.7 Å². The fraction of sp³-hybridized carbons (Fsp3) is 0.474. The molecule has 136 valence electrons. The zero-order valence-corrected chi connectivity index (χ0v) is 15.5. The summed E-state index contributed by atoms with van der Waals surface area (Å²) in [6.07, 6.45) is 10.7. The van der Waals surface area contributed by atoms with Crippen LogP contribution in [-0.2, 0) is 11.2 Å². The highest BCUT2D eigenvalue weighted by atomic mass is 32.1. The number of Topliss-reactive ketones (excluding diaryl/α,β-unsaturated/α-hetero) is 1. The first-order valence-corrected chi connectivity index (χ1v) is 10.1. The quantitative estimate of drug-likeness (QED) is 0.714. The third kappa shape index (κ3) is 3.49. The molecule has 26 heavy (non-hydrogen) atoms. The number of nitrogens with zero attached hydrogens (tertiary/aromatic N) is 4. The van der Waals surface area contributed by atoms with Crippen LogP contribution in [-0.4, -0.2) is 25.5 Å². The second kappa shape index (κ2) is 7.53. The fourth-order valence-electron chi connectivity index (χ4n) is 3.91. The van der Waals surface area contributed by atoms with Crippen LogP contribution < -0.4 is 5.73 Å². The number of hydrogen-bond donors (Lipinski definition) is 1. The number of hydrogen-bond acceptors (Lipinski definition) is 6. The first-order chi connectivity index (χ1) is 12.7. The highest BCUT2D eigenvalue weighted by Crippen LogP contribution is 2.34. The minimum atomic E-state index is -0.351. The van der Waals surface area contributed by atoms with Gasteiger partial charge >= 0.3 is 0 Å². The third-order valence-electron chi connectivity index (χ3n) is 5.27. The summed E-state index contributed by atoms with van der Waals surface area (Å²) in [5.41, 5.74) is 6.95. The molecule has 1 aliphatic rings. The van der Waals surface area contributed by atoms with Crippen LogP contribution in [0.2, 0.25) is 0 Å². The van der Waals surface area contributed by atoms with Crippen molar-refractivity contribution in [2.45, 2.75) is 51.0 Å². The summed E-state index contributed by atoms with van der Waals surface area (Å²) in [7, 11) is 0. The van der Waals surface area contributed by atoms with Gasteiger partial charge in [-0.2, -0.15) is 0 Å². The van der Waals surface area contributed by atoms with E-state index in [9.17, 15) is 4.79 Å². The molecule has 0 aliphatic heterocycles. The summed E-state index contributed by atoms with van der Waals surface area (Å²) in [6, 6.07) is 3.40. The molecule has 2 N–H and O–H groups in total. The number of anilines is 1. The van der Waals surface area contributed by atoms with E-state index in [0.717, 1.165) is 16.8 Å². The average Bonchev–Trinajstić information content (AvgIpc) is 3.29. The normalized spacial score (nSPS) is 16.8. The first kappa shape index (κ1) is 17.1. The predicted molar refractivity (Wildman–Crippen MR) is 103 cm³/mol. The highest BCUT2D eigenvalue weighted by Gasteiger charge is 2.29. The van der Waals surface area contributed by atoms with Crippen molar-refractivity contribution in [2.75, 3.05) is 5.73 Å². The molecule has 1 fully saturated rings. The van der Waals surface area contributed by atoms with E-state index in [1.807, 2.05) is 17.5 Å². The van der Waals surface area contributed by atoms with E-state index >= 15 is 0 Å². The predicted octanol–water partition coefficient (Wildman–Crippen LogP) is 3.79. The second-order valence-corrected chi connectivity index (χ2v) is 8.01. The van der Waals surface area contributed by atoms with Crippen LogP contribution >= 0.6 is 11.3 Å². The fourth-order valence-corrected chi connectivity index (χ4v) is 4.53. The average molecular weight is 369 g/mol. The van der Waals surface area contributed by atoms with Gasteiger partial charge in [0.25, 0.3) is 0 Å². The number of pyridine rings is 1. The summed E-state index contributed by atoms with van der Waals surface area (Å²) in [4.78, 5) is 21.7. The minimum absolute atomic E-state index is 0.130. The molecule has 0 aromatic carbocycles. The molecule has 4 rings (SSSR count). The Kier molecular flexibility index (Phi) is 4.97. The molecular weight excluding hydrogens is 346 g/mol. The molecule has 0 bridgehead atoms. The zero-order chi connectivity index (χ0) is 17.9. The van der Waals surface area contributed by atoms with Gasteiger partial charge < -0.3 is 5.73 Å². The maximum atomic E-state index is 13.1. The van der Waals surface area contributed by atoms with Crippen LogP contribution in [0.1, 0.15) is 49.6 Å². The zero-order valence-electron chi connectivity index (χ0n) is 14.7. The van der Waals surface area contributed by atoms with Crippen molar-refractivity contribution >= 4 is 34.0 Å². The van der Waals surface area contributed by atoms with E-state index in [-0.39, 0.29) is 11.8 Å². The van der Waals surface area contributed by atoms with E-state index < -0.39 is 0 Å². The van der Waals surface area contributed by atoms with E-state index in [4.69, 9.17) is 5.73 Å². The maximum Gasteiger partial charge on any atom is 0.183 e. The van der Waals surface area contributed by atoms with Crippen LogP contribution in [0, 0.1) is 5.92 Å². The molecule has 6 nitrogen and oxygen atoms in total. The van der Waals surface area contributed by atoms with Gasteiger partial charge in [-0.25, -0.2) is 14.6 Å². The van der Waals surface area contributed by atoms with Crippen molar-refractivity contribution in [1.29, 1.82) is 0 Å². The highest BCUT2D eigenvalue weighted by molar-refractivity contribution is 7.09. The number of aromatic nitrogens is 4. The Morgan fingerprint density at radius 1 is 1.27 bits per heavy atom. The Labute approximate surface area is 156 Å². The van der Waals surface area contributed by atoms with Gasteiger partial charge in [0, 0.05) is 17.8 Å². The van der Waals surface area contributed by atoms with Crippen molar-refractivity contribution in [3.8, 4) is 0 Å². The molecule has 0 amide bonds. The van der Waals surface area contributed by atoms with Gasteiger partial charge in [-0.05, 0) is 24.5 Å². The number of thiazole rings is 1. The standard InChI is InChI=1S/C19H23N5OS/c20-18-14-7-4-8-22-19(14)23-24(18)15(11-13-5-2-1-3-6-13)16(25)12-17-21-9-10-26-17/h4,7-10,13,15H,1-3,5-6,11-12,20H2. The molecule has 1 aliphatic carbocycles. The summed E-state index contributed by atoms with van der Waals surface area (Å²) in [5, 5.41) is 8.13.